The first-order valence-electron chi connectivity index (χ1n) is 7.97. The predicted molar refractivity (Wildman–Crippen MR) is 102 cm³/mol. The van der Waals surface area contributed by atoms with Crippen LogP contribution in [-0.2, 0) is 11.3 Å². The highest BCUT2D eigenvalue weighted by Crippen LogP contribution is 2.46. The number of anilines is 1. The fraction of sp³-hybridized carbons (Fsp3) is 0.278. The molecule has 1 aromatic heterocycles. The first-order chi connectivity index (χ1) is 12.2. The second-order valence-electron chi connectivity index (χ2n) is 5.54. The van der Waals surface area contributed by atoms with Crippen molar-refractivity contribution in [1.82, 2.24) is 9.55 Å². The van der Waals surface area contributed by atoms with Crippen molar-refractivity contribution in [3.63, 3.8) is 0 Å². The van der Waals surface area contributed by atoms with Gasteiger partial charge in [0.2, 0.25) is 0 Å². The summed E-state index contributed by atoms with van der Waals surface area (Å²) in [7, 11) is 1.89. The van der Waals surface area contributed by atoms with Crippen molar-refractivity contribution in [3.8, 4) is 6.07 Å². The molecule has 25 heavy (non-hydrogen) atoms. The Morgan fingerprint density at radius 2 is 2.20 bits per heavy atom. The normalized spacial score (nSPS) is 15.0. The molecule has 0 amide bonds. The minimum atomic E-state index is -0.166. The molecule has 0 fully saturated rings. The van der Waals surface area contributed by atoms with Crippen molar-refractivity contribution in [2.75, 3.05) is 17.7 Å². The summed E-state index contributed by atoms with van der Waals surface area (Å²) in [5.41, 5.74) is 1.24. The SMILES string of the molecule is CCCn1ccnc1SCC(=O)/C(C#N)=C1/Sc2ccccc2N1C. The molecular weight excluding hydrogens is 352 g/mol. The minimum Gasteiger partial charge on any atom is -0.337 e. The summed E-state index contributed by atoms with van der Waals surface area (Å²) < 4.78 is 2.03. The van der Waals surface area contributed by atoms with Gasteiger partial charge in [-0.15, -0.1) is 0 Å². The van der Waals surface area contributed by atoms with Crippen LogP contribution in [0.4, 0.5) is 5.69 Å². The molecule has 0 saturated carbocycles. The fourth-order valence-electron chi connectivity index (χ4n) is 2.60. The molecule has 1 aromatic carbocycles. The molecule has 0 atom stereocenters. The topological polar surface area (TPSA) is 61.9 Å². The number of benzene rings is 1. The summed E-state index contributed by atoms with van der Waals surface area (Å²) in [6, 6.07) is 10.0. The van der Waals surface area contributed by atoms with Crippen LogP contribution in [0.3, 0.4) is 0 Å². The summed E-state index contributed by atoms with van der Waals surface area (Å²) in [4.78, 5) is 19.9. The number of fused-ring (bicyclic) bond motifs is 1. The van der Waals surface area contributed by atoms with E-state index in [9.17, 15) is 10.1 Å². The molecule has 128 valence electrons. The van der Waals surface area contributed by atoms with Gasteiger partial charge in [-0.2, -0.15) is 5.26 Å². The molecule has 2 aromatic rings. The zero-order valence-corrected chi connectivity index (χ0v) is 15.7. The number of allylic oxidation sites excluding steroid dienone is 1. The van der Waals surface area contributed by atoms with Crippen LogP contribution in [0, 0.1) is 11.3 Å². The molecule has 0 aliphatic carbocycles. The Morgan fingerprint density at radius 3 is 2.92 bits per heavy atom. The molecule has 0 radical (unpaired) electrons. The molecule has 5 nitrogen and oxygen atoms in total. The van der Waals surface area contributed by atoms with Gasteiger partial charge in [-0.05, 0) is 18.6 Å². The number of aromatic nitrogens is 2. The van der Waals surface area contributed by atoms with Crippen molar-refractivity contribution in [3.05, 3.63) is 47.3 Å². The maximum atomic E-state index is 12.6. The number of Topliss-reactive ketones (excluding diaryl/α,β-unsaturated/α-hetero) is 1. The zero-order chi connectivity index (χ0) is 17.8. The second-order valence-corrected chi connectivity index (χ2v) is 7.51. The van der Waals surface area contributed by atoms with Gasteiger partial charge in [0, 0.05) is 30.9 Å². The molecular formula is C18H18N4OS2. The van der Waals surface area contributed by atoms with Crippen molar-refractivity contribution in [1.29, 1.82) is 5.26 Å². The van der Waals surface area contributed by atoms with Gasteiger partial charge in [0.05, 0.1) is 11.4 Å². The van der Waals surface area contributed by atoms with E-state index < -0.39 is 0 Å². The van der Waals surface area contributed by atoms with Crippen LogP contribution in [0.2, 0.25) is 0 Å². The van der Waals surface area contributed by atoms with Gasteiger partial charge < -0.3 is 9.47 Å². The Bertz CT molecular complexity index is 866. The van der Waals surface area contributed by atoms with E-state index in [1.165, 1.54) is 23.5 Å². The van der Waals surface area contributed by atoms with E-state index in [1.807, 2.05) is 47.0 Å². The van der Waals surface area contributed by atoms with Crippen molar-refractivity contribution >= 4 is 35.0 Å². The maximum absolute atomic E-state index is 12.6. The van der Waals surface area contributed by atoms with Crippen LogP contribution >= 0.6 is 23.5 Å². The second kappa shape index (κ2) is 7.81. The Balaban J connectivity index is 1.77. The van der Waals surface area contributed by atoms with Crippen molar-refractivity contribution < 1.29 is 4.79 Å². The largest absolute Gasteiger partial charge is 0.337 e. The molecule has 0 spiro atoms. The van der Waals surface area contributed by atoms with Gasteiger partial charge in [-0.3, -0.25) is 4.79 Å². The van der Waals surface area contributed by atoms with E-state index >= 15 is 0 Å². The smallest absolute Gasteiger partial charge is 0.186 e. The van der Waals surface area contributed by atoms with Gasteiger partial charge in [-0.1, -0.05) is 42.6 Å². The minimum absolute atomic E-state index is 0.166. The Labute approximate surface area is 155 Å². The number of carbonyl (C=O) groups is 1. The lowest BCUT2D eigenvalue weighted by atomic mass is 10.2. The summed E-state index contributed by atoms with van der Waals surface area (Å²) in [6.07, 6.45) is 4.66. The Kier molecular flexibility index (Phi) is 5.51. The lowest BCUT2D eigenvalue weighted by Gasteiger charge is -2.14. The Morgan fingerprint density at radius 1 is 1.40 bits per heavy atom. The summed E-state index contributed by atoms with van der Waals surface area (Å²) in [5, 5.41) is 11.1. The van der Waals surface area contributed by atoms with Gasteiger partial charge in [0.25, 0.3) is 0 Å². The number of hydrogen-bond donors (Lipinski definition) is 0. The van der Waals surface area contributed by atoms with Crippen LogP contribution in [0.15, 0.2) is 57.3 Å². The molecule has 0 bridgehead atoms. The van der Waals surface area contributed by atoms with E-state index in [1.54, 1.807) is 6.20 Å². The highest BCUT2D eigenvalue weighted by atomic mass is 32.2. The number of imidazole rings is 1. The average Bonchev–Trinajstić information content (AvgIpc) is 3.19. The third kappa shape index (κ3) is 3.60. The van der Waals surface area contributed by atoms with Crippen LogP contribution in [0.1, 0.15) is 13.3 Å². The number of rotatable bonds is 6. The fourth-order valence-corrected chi connectivity index (χ4v) is 4.62. The van der Waals surface area contributed by atoms with Gasteiger partial charge in [0.15, 0.2) is 10.9 Å². The zero-order valence-electron chi connectivity index (χ0n) is 14.1. The lowest BCUT2D eigenvalue weighted by Crippen LogP contribution is -2.16. The van der Waals surface area contributed by atoms with Crippen LogP contribution in [-0.4, -0.2) is 28.1 Å². The molecule has 1 aliphatic rings. The maximum Gasteiger partial charge on any atom is 0.186 e. The van der Waals surface area contributed by atoms with Crippen molar-refractivity contribution in [2.24, 2.45) is 0 Å². The average molecular weight is 371 g/mol. The monoisotopic (exact) mass is 370 g/mol. The van der Waals surface area contributed by atoms with E-state index in [0.717, 1.165) is 28.7 Å². The molecule has 0 unspecified atom stereocenters. The third-order valence-electron chi connectivity index (χ3n) is 3.82. The number of thioether (sulfide) groups is 2. The molecule has 3 rings (SSSR count). The van der Waals surface area contributed by atoms with Crippen LogP contribution in [0.5, 0.6) is 0 Å². The number of hydrogen-bond acceptors (Lipinski definition) is 6. The molecule has 0 N–H and O–H groups in total. The van der Waals surface area contributed by atoms with Gasteiger partial charge in [0.1, 0.15) is 16.7 Å². The van der Waals surface area contributed by atoms with Crippen molar-refractivity contribution in [2.45, 2.75) is 29.9 Å². The van der Waals surface area contributed by atoms with E-state index in [-0.39, 0.29) is 17.1 Å². The molecule has 7 heteroatoms. The molecule has 1 aliphatic heterocycles. The Hall–Kier alpha value is -2.17. The number of para-hydroxylation sites is 1. The third-order valence-corrected chi connectivity index (χ3v) is 6.06. The van der Waals surface area contributed by atoms with Gasteiger partial charge >= 0.3 is 0 Å². The number of nitriles is 1. The van der Waals surface area contributed by atoms with E-state index in [2.05, 4.69) is 18.0 Å². The van der Waals surface area contributed by atoms with E-state index in [0.29, 0.717) is 5.03 Å². The predicted octanol–water partition coefficient (Wildman–Crippen LogP) is 3.93. The highest BCUT2D eigenvalue weighted by Gasteiger charge is 2.27. The summed E-state index contributed by atoms with van der Waals surface area (Å²) in [5.74, 6) is 0.0402. The van der Waals surface area contributed by atoms with Crippen LogP contribution < -0.4 is 4.90 Å². The first kappa shape index (κ1) is 17.6. The van der Waals surface area contributed by atoms with E-state index in [4.69, 9.17) is 0 Å². The number of ketones is 1. The standard InChI is InChI=1S/C18H18N4OS2/c1-3-9-22-10-8-20-18(22)24-12-15(23)13(11-19)17-21(2)14-6-4-5-7-16(14)25-17/h4-8,10H,3,9,12H2,1-2H3/b17-13+. The summed E-state index contributed by atoms with van der Waals surface area (Å²) in [6.45, 7) is 2.97. The number of aryl methyl sites for hydroxylation is 1. The van der Waals surface area contributed by atoms with Gasteiger partial charge in [-0.25, -0.2) is 4.98 Å². The number of carbonyl (C=O) groups excluding carboxylic acids is 1. The summed E-state index contributed by atoms with van der Waals surface area (Å²) >= 11 is 2.85. The highest BCUT2D eigenvalue weighted by molar-refractivity contribution is 8.03. The lowest BCUT2D eigenvalue weighted by molar-refractivity contribution is -0.112. The molecule has 2 heterocycles. The quantitative estimate of drug-likeness (QED) is 0.436. The molecule has 0 saturated heterocycles. The first-order valence-corrected chi connectivity index (χ1v) is 9.78. The number of nitrogens with zero attached hydrogens (tertiary/aromatic N) is 4. The van der Waals surface area contributed by atoms with Crippen LogP contribution in [0.25, 0.3) is 0 Å².